The van der Waals surface area contributed by atoms with Crippen molar-refractivity contribution in [1.29, 1.82) is 5.26 Å². The van der Waals surface area contributed by atoms with Gasteiger partial charge < -0.3 is 10.2 Å². The Balaban J connectivity index is 1.57. The fourth-order valence-electron chi connectivity index (χ4n) is 3.40. The van der Waals surface area contributed by atoms with Crippen LogP contribution in [0.3, 0.4) is 0 Å². The smallest absolute Gasteiger partial charge is 0.324 e. The number of urea groups is 1. The topological polar surface area (TPSA) is 59.4 Å². The number of likely N-dealkylation sites (tertiary alicyclic amines) is 2. The number of hydrogen-bond acceptors (Lipinski definition) is 3. The standard InChI is InChI=1S/C18H18F4N4O/c19-13-1-2-16(15(9-13)18(20,21)22)24-17(27)25-7-4-14(5-8-25)26-10-12(11-26)3-6-23/h1-3,9,14H,4-5,7-8,10-11H2,(H,24,27). The number of amides is 2. The molecule has 5 nitrogen and oxygen atoms in total. The number of alkyl halides is 3. The van der Waals surface area contributed by atoms with Crippen LogP contribution in [0.2, 0.25) is 0 Å². The molecule has 2 amide bonds. The van der Waals surface area contributed by atoms with Crippen molar-refractivity contribution >= 4 is 11.7 Å². The predicted molar refractivity (Wildman–Crippen MR) is 90.3 cm³/mol. The summed E-state index contributed by atoms with van der Waals surface area (Å²) in [6.45, 7) is 2.34. The Morgan fingerprint density at radius 1 is 1.26 bits per heavy atom. The number of nitriles is 1. The van der Waals surface area contributed by atoms with Crippen LogP contribution in [-0.4, -0.2) is 48.1 Å². The fourth-order valence-corrected chi connectivity index (χ4v) is 3.40. The molecule has 0 atom stereocenters. The van der Waals surface area contributed by atoms with Gasteiger partial charge in [0.15, 0.2) is 0 Å². The number of benzene rings is 1. The van der Waals surface area contributed by atoms with Crippen molar-refractivity contribution in [3.05, 3.63) is 41.2 Å². The summed E-state index contributed by atoms with van der Waals surface area (Å²) in [5, 5.41) is 10.9. The lowest BCUT2D eigenvalue weighted by atomic mass is 9.97. The van der Waals surface area contributed by atoms with Gasteiger partial charge in [0.2, 0.25) is 0 Å². The maximum absolute atomic E-state index is 13.2. The van der Waals surface area contributed by atoms with Crippen LogP contribution in [0.5, 0.6) is 0 Å². The van der Waals surface area contributed by atoms with E-state index in [1.807, 2.05) is 6.07 Å². The molecule has 27 heavy (non-hydrogen) atoms. The molecule has 0 unspecified atom stereocenters. The molecule has 1 aromatic carbocycles. The Labute approximate surface area is 153 Å². The number of nitrogens with zero attached hydrogens (tertiary/aromatic N) is 3. The lowest BCUT2D eigenvalue weighted by molar-refractivity contribution is -0.137. The Morgan fingerprint density at radius 2 is 1.93 bits per heavy atom. The van der Waals surface area contributed by atoms with E-state index in [1.54, 1.807) is 6.08 Å². The summed E-state index contributed by atoms with van der Waals surface area (Å²) >= 11 is 0. The van der Waals surface area contributed by atoms with Crippen LogP contribution in [0, 0.1) is 17.1 Å². The molecule has 1 aromatic rings. The third-order valence-corrected chi connectivity index (χ3v) is 4.88. The van der Waals surface area contributed by atoms with E-state index in [9.17, 15) is 22.4 Å². The zero-order valence-corrected chi connectivity index (χ0v) is 14.4. The first-order chi connectivity index (χ1) is 12.8. The molecule has 2 saturated heterocycles. The lowest BCUT2D eigenvalue weighted by Gasteiger charge is -2.44. The first kappa shape index (κ1) is 19.2. The Bertz CT molecular complexity index is 784. The average molecular weight is 382 g/mol. The van der Waals surface area contributed by atoms with Crippen LogP contribution in [0.25, 0.3) is 0 Å². The van der Waals surface area contributed by atoms with Crippen molar-refractivity contribution < 1.29 is 22.4 Å². The Kier molecular flexibility index (Phi) is 5.37. The number of piperidine rings is 1. The van der Waals surface area contributed by atoms with Crippen molar-refractivity contribution in [2.75, 3.05) is 31.5 Å². The number of nitrogens with one attached hydrogen (secondary N) is 1. The first-order valence-electron chi connectivity index (χ1n) is 8.52. The highest BCUT2D eigenvalue weighted by atomic mass is 19.4. The van der Waals surface area contributed by atoms with E-state index in [2.05, 4.69) is 10.2 Å². The number of carbonyl (C=O) groups is 1. The summed E-state index contributed by atoms with van der Waals surface area (Å²) in [4.78, 5) is 16.0. The van der Waals surface area contributed by atoms with E-state index in [0.29, 0.717) is 38.0 Å². The minimum atomic E-state index is -4.76. The second-order valence-corrected chi connectivity index (χ2v) is 6.67. The van der Waals surface area contributed by atoms with Gasteiger partial charge in [0, 0.05) is 38.3 Å². The van der Waals surface area contributed by atoms with Gasteiger partial charge in [0.05, 0.1) is 17.3 Å². The van der Waals surface area contributed by atoms with E-state index < -0.39 is 29.3 Å². The molecular weight excluding hydrogens is 364 g/mol. The largest absolute Gasteiger partial charge is 0.418 e. The second-order valence-electron chi connectivity index (χ2n) is 6.67. The van der Waals surface area contributed by atoms with Gasteiger partial charge in [-0.15, -0.1) is 0 Å². The molecule has 2 fully saturated rings. The van der Waals surface area contributed by atoms with Crippen molar-refractivity contribution in [2.24, 2.45) is 0 Å². The molecule has 0 aliphatic carbocycles. The van der Waals surface area contributed by atoms with E-state index >= 15 is 0 Å². The van der Waals surface area contributed by atoms with Crippen LogP contribution in [0.15, 0.2) is 29.8 Å². The molecular formula is C18H18F4N4O. The molecule has 0 spiro atoms. The molecule has 3 rings (SSSR count). The van der Waals surface area contributed by atoms with Gasteiger partial charge in [-0.25, -0.2) is 9.18 Å². The monoisotopic (exact) mass is 382 g/mol. The normalized spacial score (nSPS) is 18.6. The number of hydrogen-bond donors (Lipinski definition) is 1. The van der Waals surface area contributed by atoms with Gasteiger partial charge in [-0.2, -0.15) is 18.4 Å². The van der Waals surface area contributed by atoms with Crippen molar-refractivity contribution in [1.82, 2.24) is 9.80 Å². The molecule has 0 bridgehead atoms. The van der Waals surface area contributed by atoms with Crippen LogP contribution in [0.4, 0.5) is 28.0 Å². The first-order valence-corrected chi connectivity index (χ1v) is 8.52. The molecule has 0 radical (unpaired) electrons. The molecule has 0 aromatic heterocycles. The average Bonchev–Trinajstić information content (AvgIpc) is 2.58. The molecule has 144 valence electrons. The SMILES string of the molecule is N#CC=C1CN(C2CCN(C(=O)Nc3ccc(F)cc3C(F)(F)F)CC2)C1. The van der Waals surface area contributed by atoms with Gasteiger partial charge in [0.1, 0.15) is 5.82 Å². The minimum absolute atomic E-state index is 0.293. The summed E-state index contributed by atoms with van der Waals surface area (Å²) in [5.41, 5.74) is -0.582. The lowest BCUT2D eigenvalue weighted by Crippen LogP contribution is -2.53. The minimum Gasteiger partial charge on any atom is -0.324 e. The third-order valence-electron chi connectivity index (χ3n) is 4.88. The Hall–Kier alpha value is -2.60. The van der Waals surface area contributed by atoms with Gasteiger partial charge in [-0.3, -0.25) is 4.90 Å². The van der Waals surface area contributed by atoms with E-state index in [1.165, 1.54) is 4.90 Å². The number of carbonyl (C=O) groups excluding carboxylic acids is 1. The summed E-state index contributed by atoms with van der Waals surface area (Å²) < 4.78 is 52.2. The zero-order valence-electron chi connectivity index (χ0n) is 14.4. The summed E-state index contributed by atoms with van der Waals surface area (Å²) in [6.07, 6.45) is -1.80. The van der Waals surface area contributed by atoms with E-state index in [0.717, 1.165) is 30.8 Å². The molecule has 9 heteroatoms. The van der Waals surface area contributed by atoms with Crippen LogP contribution in [0.1, 0.15) is 18.4 Å². The highest BCUT2D eigenvalue weighted by Gasteiger charge is 2.36. The quantitative estimate of drug-likeness (QED) is 0.628. The summed E-state index contributed by atoms with van der Waals surface area (Å²) in [7, 11) is 0. The summed E-state index contributed by atoms with van der Waals surface area (Å²) in [5.74, 6) is -1.01. The molecule has 2 heterocycles. The van der Waals surface area contributed by atoms with E-state index in [4.69, 9.17) is 5.26 Å². The van der Waals surface area contributed by atoms with Crippen molar-refractivity contribution in [3.8, 4) is 6.07 Å². The zero-order chi connectivity index (χ0) is 19.6. The number of rotatable bonds is 2. The van der Waals surface area contributed by atoms with Crippen LogP contribution in [-0.2, 0) is 6.18 Å². The number of anilines is 1. The Morgan fingerprint density at radius 3 is 2.52 bits per heavy atom. The van der Waals surface area contributed by atoms with Crippen molar-refractivity contribution in [2.45, 2.75) is 25.1 Å². The summed E-state index contributed by atoms with van der Waals surface area (Å²) in [6, 6.07) is 3.85. The predicted octanol–water partition coefficient (Wildman–Crippen LogP) is 3.61. The third kappa shape index (κ3) is 4.39. The molecule has 2 aliphatic rings. The van der Waals surface area contributed by atoms with Gasteiger partial charge in [0.25, 0.3) is 0 Å². The van der Waals surface area contributed by atoms with E-state index in [-0.39, 0.29) is 0 Å². The van der Waals surface area contributed by atoms with Crippen LogP contribution >= 0.6 is 0 Å². The maximum Gasteiger partial charge on any atom is 0.418 e. The fraction of sp³-hybridized carbons (Fsp3) is 0.444. The van der Waals surface area contributed by atoms with Gasteiger partial charge in [-0.05, 0) is 36.6 Å². The highest BCUT2D eigenvalue weighted by Crippen LogP contribution is 2.35. The van der Waals surface area contributed by atoms with Gasteiger partial charge in [-0.1, -0.05) is 0 Å². The van der Waals surface area contributed by atoms with Crippen molar-refractivity contribution in [3.63, 3.8) is 0 Å². The molecule has 2 aliphatic heterocycles. The molecule has 1 N–H and O–H groups in total. The highest BCUT2D eigenvalue weighted by molar-refractivity contribution is 5.90. The number of allylic oxidation sites excluding steroid dienone is 1. The van der Waals surface area contributed by atoms with Gasteiger partial charge >= 0.3 is 12.2 Å². The van der Waals surface area contributed by atoms with Crippen LogP contribution < -0.4 is 5.32 Å². The number of halogens is 4. The molecule has 0 saturated carbocycles. The maximum atomic E-state index is 13.2. The second kappa shape index (κ2) is 7.56.